The van der Waals surface area contributed by atoms with Crippen molar-refractivity contribution in [2.75, 3.05) is 11.9 Å². The molecule has 1 aliphatic carbocycles. The molecule has 31 heavy (non-hydrogen) atoms. The molecule has 10 heteroatoms. The highest BCUT2D eigenvalue weighted by Crippen LogP contribution is 2.37. The van der Waals surface area contributed by atoms with Gasteiger partial charge in [0.25, 0.3) is 17.7 Å². The maximum absolute atomic E-state index is 12.3. The summed E-state index contributed by atoms with van der Waals surface area (Å²) in [6.07, 6.45) is 3.58. The van der Waals surface area contributed by atoms with Crippen LogP contribution in [0.15, 0.2) is 24.3 Å². The van der Waals surface area contributed by atoms with Gasteiger partial charge in [-0.2, -0.15) is 0 Å². The smallest absolute Gasteiger partial charge is 0.328 e. The van der Waals surface area contributed by atoms with Crippen molar-refractivity contribution in [2.24, 2.45) is 5.73 Å². The molecule has 1 aliphatic rings. The number of nitrogens with one attached hydrogen (secondary N) is 2. The van der Waals surface area contributed by atoms with Gasteiger partial charge >= 0.3 is 5.97 Å². The summed E-state index contributed by atoms with van der Waals surface area (Å²) >= 11 is 7.30. The van der Waals surface area contributed by atoms with Crippen LogP contribution in [0.1, 0.15) is 50.9 Å². The molecule has 1 atom stereocenters. The summed E-state index contributed by atoms with van der Waals surface area (Å²) in [6, 6.07) is 5.43. The minimum Gasteiger partial charge on any atom is -0.454 e. The summed E-state index contributed by atoms with van der Waals surface area (Å²) in [6.45, 7) is 0.874. The van der Waals surface area contributed by atoms with E-state index in [4.69, 9.17) is 22.1 Å². The fourth-order valence-electron chi connectivity index (χ4n) is 3.32. The summed E-state index contributed by atoms with van der Waals surface area (Å²) < 4.78 is 5.00. The first-order valence-electron chi connectivity index (χ1n) is 9.74. The van der Waals surface area contributed by atoms with Crippen LogP contribution in [0, 0.1) is 0 Å². The molecule has 0 fully saturated rings. The van der Waals surface area contributed by atoms with E-state index in [1.54, 1.807) is 18.2 Å². The average Bonchev–Trinajstić information content (AvgIpc) is 3.10. The highest BCUT2D eigenvalue weighted by Gasteiger charge is 2.25. The molecule has 0 aliphatic heterocycles. The average molecular weight is 464 g/mol. The van der Waals surface area contributed by atoms with Gasteiger partial charge in [0, 0.05) is 4.88 Å². The summed E-state index contributed by atoms with van der Waals surface area (Å²) in [5.41, 5.74) is 6.96. The number of amides is 3. The summed E-state index contributed by atoms with van der Waals surface area (Å²) in [4.78, 5) is 49.6. The summed E-state index contributed by atoms with van der Waals surface area (Å²) in [5.74, 6) is -2.51. The SMILES string of the molecule is C[C@H](NC(=O)c1ccccc1Cl)C(=O)OCC(=O)Nc1sc2c(c1C(N)=O)CCCC2. The van der Waals surface area contributed by atoms with Gasteiger partial charge < -0.3 is 21.1 Å². The van der Waals surface area contributed by atoms with Gasteiger partial charge in [-0.1, -0.05) is 23.7 Å². The van der Waals surface area contributed by atoms with Crippen molar-refractivity contribution in [2.45, 2.75) is 38.6 Å². The van der Waals surface area contributed by atoms with Crippen LogP contribution in [0.25, 0.3) is 0 Å². The third kappa shape index (κ3) is 5.42. The Bertz CT molecular complexity index is 1040. The van der Waals surface area contributed by atoms with Crippen LogP contribution in [0.4, 0.5) is 5.00 Å². The highest BCUT2D eigenvalue weighted by molar-refractivity contribution is 7.17. The zero-order valence-electron chi connectivity index (χ0n) is 16.8. The van der Waals surface area contributed by atoms with E-state index in [0.29, 0.717) is 10.6 Å². The molecule has 0 radical (unpaired) electrons. The number of hydrogen-bond acceptors (Lipinski definition) is 6. The van der Waals surface area contributed by atoms with Gasteiger partial charge in [0.1, 0.15) is 11.0 Å². The van der Waals surface area contributed by atoms with Crippen molar-refractivity contribution >= 4 is 51.6 Å². The fourth-order valence-corrected chi connectivity index (χ4v) is 4.85. The van der Waals surface area contributed by atoms with E-state index >= 15 is 0 Å². The van der Waals surface area contributed by atoms with Crippen molar-refractivity contribution < 1.29 is 23.9 Å². The third-order valence-corrected chi connectivity index (χ3v) is 6.37. The third-order valence-electron chi connectivity index (χ3n) is 4.84. The Morgan fingerprint density at radius 2 is 1.90 bits per heavy atom. The van der Waals surface area contributed by atoms with Crippen LogP contribution in [0.2, 0.25) is 5.02 Å². The number of ether oxygens (including phenoxy) is 1. The fraction of sp³-hybridized carbons (Fsp3) is 0.333. The van der Waals surface area contributed by atoms with Crippen molar-refractivity contribution in [3.63, 3.8) is 0 Å². The van der Waals surface area contributed by atoms with Crippen molar-refractivity contribution in [1.29, 1.82) is 0 Å². The Balaban J connectivity index is 1.55. The lowest BCUT2D eigenvalue weighted by atomic mass is 9.95. The van der Waals surface area contributed by atoms with E-state index < -0.39 is 36.3 Å². The van der Waals surface area contributed by atoms with Crippen LogP contribution in [0.3, 0.4) is 0 Å². The zero-order chi connectivity index (χ0) is 22.5. The number of hydrogen-bond donors (Lipinski definition) is 3. The molecule has 164 valence electrons. The van der Waals surface area contributed by atoms with E-state index in [1.807, 2.05) is 0 Å². The Morgan fingerprint density at radius 1 is 1.19 bits per heavy atom. The van der Waals surface area contributed by atoms with Gasteiger partial charge in [-0.05, 0) is 50.3 Å². The number of esters is 1. The van der Waals surface area contributed by atoms with Crippen molar-refractivity contribution in [3.05, 3.63) is 50.9 Å². The number of nitrogens with two attached hydrogens (primary N) is 1. The molecular formula is C21H22ClN3O5S. The number of rotatable bonds is 7. The molecule has 0 saturated heterocycles. The molecule has 2 aromatic rings. The monoisotopic (exact) mass is 463 g/mol. The van der Waals surface area contributed by atoms with Gasteiger partial charge in [-0.25, -0.2) is 4.79 Å². The van der Waals surface area contributed by atoms with Gasteiger partial charge in [0.05, 0.1) is 16.1 Å². The van der Waals surface area contributed by atoms with Gasteiger partial charge in [-0.15, -0.1) is 11.3 Å². The maximum atomic E-state index is 12.3. The molecular weight excluding hydrogens is 442 g/mol. The predicted octanol–water partition coefficient (Wildman–Crippen LogP) is 2.68. The van der Waals surface area contributed by atoms with Crippen LogP contribution >= 0.6 is 22.9 Å². The number of carbonyl (C=O) groups is 4. The first-order valence-corrected chi connectivity index (χ1v) is 10.9. The second-order valence-electron chi connectivity index (χ2n) is 7.11. The molecule has 4 N–H and O–H groups in total. The van der Waals surface area contributed by atoms with Crippen LogP contribution in [-0.4, -0.2) is 36.3 Å². The molecule has 0 saturated carbocycles. The lowest BCUT2D eigenvalue weighted by Crippen LogP contribution is -2.40. The summed E-state index contributed by atoms with van der Waals surface area (Å²) in [5, 5.41) is 5.72. The molecule has 3 rings (SSSR count). The molecule has 1 heterocycles. The van der Waals surface area contributed by atoms with E-state index in [9.17, 15) is 19.2 Å². The Kier molecular flexibility index (Phi) is 7.29. The summed E-state index contributed by atoms with van der Waals surface area (Å²) in [7, 11) is 0. The molecule has 1 aromatic carbocycles. The second-order valence-corrected chi connectivity index (χ2v) is 8.62. The molecule has 8 nitrogen and oxygen atoms in total. The minimum atomic E-state index is -0.994. The maximum Gasteiger partial charge on any atom is 0.328 e. The first-order chi connectivity index (χ1) is 14.8. The molecule has 0 spiro atoms. The van der Waals surface area contributed by atoms with E-state index in [2.05, 4.69) is 10.6 Å². The number of thiophene rings is 1. The number of fused-ring (bicyclic) bond motifs is 1. The zero-order valence-corrected chi connectivity index (χ0v) is 18.4. The number of aryl methyl sites for hydroxylation is 1. The van der Waals surface area contributed by atoms with Gasteiger partial charge in [0.2, 0.25) is 0 Å². The van der Waals surface area contributed by atoms with E-state index in [1.165, 1.54) is 24.3 Å². The number of benzene rings is 1. The van der Waals surface area contributed by atoms with E-state index in [-0.39, 0.29) is 10.6 Å². The Hall–Kier alpha value is -2.91. The van der Waals surface area contributed by atoms with Gasteiger partial charge in [0.15, 0.2) is 6.61 Å². The van der Waals surface area contributed by atoms with Crippen molar-refractivity contribution in [3.8, 4) is 0 Å². The topological polar surface area (TPSA) is 128 Å². The second kappa shape index (κ2) is 9.93. The lowest BCUT2D eigenvalue weighted by molar-refractivity contribution is -0.148. The quantitative estimate of drug-likeness (QED) is 0.544. The number of halogens is 1. The van der Waals surface area contributed by atoms with Crippen LogP contribution < -0.4 is 16.4 Å². The number of anilines is 1. The molecule has 3 amide bonds. The van der Waals surface area contributed by atoms with Gasteiger partial charge in [-0.3, -0.25) is 14.4 Å². The standard InChI is InChI=1S/C21H22ClN3O5S/c1-11(24-19(28)12-6-2-4-8-14(12)22)21(29)30-10-16(26)25-20-17(18(23)27)13-7-3-5-9-15(13)31-20/h2,4,6,8,11H,3,5,7,9-10H2,1H3,(H2,23,27)(H,24,28)(H,25,26)/t11-/m0/s1. The van der Waals surface area contributed by atoms with Crippen LogP contribution in [-0.2, 0) is 27.2 Å². The largest absolute Gasteiger partial charge is 0.454 e. The highest BCUT2D eigenvalue weighted by atomic mass is 35.5. The minimum absolute atomic E-state index is 0.224. The van der Waals surface area contributed by atoms with Crippen molar-refractivity contribution in [1.82, 2.24) is 5.32 Å². The number of primary amides is 1. The lowest BCUT2D eigenvalue weighted by Gasteiger charge is -2.14. The molecule has 0 bridgehead atoms. The Labute approximate surface area is 188 Å². The first kappa shape index (κ1) is 22.8. The number of carbonyl (C=O) groups excluding carboxylic acids is 4. The predicted molar refractivity (Wildman–Crippen MR) is 117 cm³/mol. The normalized spacial score (nSPS) is 13.6. The molecule has 0 unspecified atom stereocenters. The Morgan fingerprint density at radius 3 is 2.61 bits per heavy atom. The van der Waals surface area contributed by atoms with Crippen LogP contribution in [0.5, 0.6) is 0 Å². The van der Waals surface area contributed by atoms with E-state index in [0.717, 1.165) is 36.1 Å². The molecule has 1 aromatic heterocycles.